The van der Waals surface area contributed by atoms with Gasteiger partial charge in [0.15, 0.2) is 5.65 Å². The molecule has 3 rings (SSSR count). The fourth-order valence-electron chi connectivity index (χ4n) is 4.04. The van der Waals surface area contributed by atoms with Crippen molar-refractivity contribution in [1.82, 2.24) is 24.4 Å². The number of carbonyl (C=O) groups is 1. The van der Waals surface area contributed by atoms with Crippen molar-refractivity contribution in [3.8, 4) is 0 Å². The van der Waals surface area contributed by atoms with Crippen LogP contribution < -0.4 is 0 Å². The van der Waals surface area contributed by atoms with E-state index in [4.69, 9.17) is 4.74 Å². The van der Waals surface area contributed by atoms with E-state index >= 15 is 0 Å². The Kier molecular flexibility index (Phi) is 6.35. The van der Waals surface area contributed by atoms with Gasteiger partial charge < -0.3 is 9.64 Å². The SMILES string of the molecule is CCN(CC)Cc1cnc2c(C(=O)N(CC)[C@@H]3CCOC(C)(C)C3)cnn2c1. The van der Waals surface area contributed by atoms with E-state index in [1.165, 1.54) is 0 Å². The lowest BCUT2D eigenvalue weighted by atomic mass is 9.92. The normalized spacial score (nSPS) is 19.3. The van der Waals surface area contributed by atoms with Crippen LogP contribution in [0.4, 0.5) is 0 Å². The highest BCUT2D eigenvalue weighted by Gasteiger charge is 2.34. The molecule has 0 aromatic carbocycles. The quantitative estimate of drug-likeness (QED) is 0.731. The lowest BCUT2D eigenvalue weighted by molar-refractivity contribution is -0.0777. The Morgan fingerprint density at radius 1 is 1.25 bits per heavy atom. The van der Waals surface area contributed by atoms with Crippen LogP contribution in [0, 0.1) is 0 Å². The predicted molar refractivity (Wildman–Crippen MR) is 109 cm³/mol. The highest BCUT2D eigenvalue weighted by molar-refractivity contribution is 5.99. The molecule has 0 bridgehead atoms. The van der Waals surface area contributed by atoms with Gasteiger partial charge in [-0.1, -0.05) is 13.8 Å². The van der Waals surface area contributed by atoms with Crippen molar-refractivity contribution in [1.29, 1.82) is 0 Å². The van der Waals surface area contributed by atoms with Gasteiger partial charge in [-0.2, -0.15) is 5.10 Å². The van der Waals surface area contributed by atoms with Gasteiger partial charge in [-0.15, -0.1) is 0 Å². The molecule has 2 aromatic heterocycles. The van der Waals surface area contributed by atoms with Gasteiger partial charge in [0.05, 0.1) is 11.8 Å². The van der Waals surface area contributed by atoms with Crippen LogP contribution in [0.5, 0.6) is 0 Å². The molecule has 28 heavy (non-hydrogen) atoms. The summed E-state index contributed by atoms with van der Waals surface area (Å²) in [5, 5.41) is 4.41. The number of nitrogens with zero attached hydrogens (tertiary/aromatic N) is 5. The molecule has 1 aliphatic heterocycles. The molecular weight excluding hydrogens is 354 g/mol. The summed E-state index contributed by atoms with van der Waals surface area (Å²) >= 11 is 0. The summed E-state index contributed by atoms with van der Waals surface area (Å²) in [6.07, 6.45) is 7.20. The Hall–Kier alpha value is -1.99. The zero-order chi connectivity index (χ0) is 20.3. The van der Waals surface area contributed by atoms with E-state index in [1.807, 2.05) is 24.2 Å². The maximum Gasteiger partial charge on any atom is 0.259 e. The van der Waals surface area contributed by atoms with Crippen molar-refractivity contribution >= 4 is 11.6 Å². The molecule has 2 aromatic rings. The number of hydrogen-bond acceptors (Lipinski definition) is 5. The van der Waals surface area contributed by atoms with Gasteiger partial charge in [-0.25, -0.2) is 9.50 Å². The van der Waals surface area contributed by atoms with E-state index in [-0.39, 0.29) is 17.6 Å². The largest absolute Gasteiger partial charge is 0.375 e. The fourth-order valence-corrected chi connectivity index (χ4v) is 4.04. The van der Waals surface area contributed by atoms with Crippen LogP contribution in [-0.2, 0) is 11.3 Å². The lowest BCUT2D eigenvalue weighted by Crippen LogP contribution is -2.48. The van der Waals surface area contributed by atoms with E-state index in [0.717, 1.165) is 38.0 Å². The van der Waals surface area contributed by atoms with E-state index in [1.54, 1.807) is 10.7 Å². The predicted octanol–water partition coefficient (Wildman–Crippen LogP) is 2.99. The summed E-state index contributed by atoms with van der Waals surface area (Å²) in [7, 11) is 0. The Labute approximate surface area is 167 Å². The average Bonchev–Trinajstić information content (AvgIpc) is 3.09. The van der Waals surface area contributed by atoms with Crippen LogP contribution in [0.2, 0.25) is 0 Å². The summed E-state index contributed by atoms with van der Waals surface area (Å²) in [6.45, 7) is 14.7. The molecule has 0 radical (unpaired) electrons. The molecule has 1 fully saturated rings. The molecule has 1 atom stereocenters. The Morgan fingerprint density at radius 2 is 2.00 bits per heavy atom. The molecule has 0 N–H and O–H groups in total. The zero-order valence-electron chi connectivity index (χ0n) is 17.8. The first-order valence-electron chi connectivity index (χ1n) is 10.4. The second-order valence-corrected chi connectivity index (χ2v) is 8.10. The number of hydrogen-bond donors (Lipinski definition) is 0. The van der Waals surface area contributed by atoms with Crippen LogP contribution in [0.3, 0.4) is 0 Å². The first-order valence-corrected chi connectivity index (χ1v) is 10.4. The highest BCUT2D eigenvalue weighted by Crippen LogP contribution is 2.28. The van der Waals surface area contributed by atoms with Gasteiger partial charge in [0.25, 0.3) is 5.91 Å². The minimum absolute atomic E-state index is 0.00388. The van der Waals surface area contributed by atoms with Crippen LogP contribution in [0.25, 0.3) is 5.65 Å². The van der Waals surface area contributed by atoms with Gasteiger partial charge >= 0.3 is 0 Å². The summed E-state index contributed by atoms with van der Waals surface area (Å²) < 4.78 is 7.55. The second kappa shape index (κ2) is 8.57. The molecule has 1 aliphatic rings. The van der Waals surface area contributed by atoms with Crippen molar-refractivity contribution in [2.75, 3.05) is 26.2 Å². The second-order valence-electron chi connectivity index (χ2n) is 8.10. The molecule has 1 saturated heterocycles. The van der Waals surface area contributed by atoms with Crippen molar-refractivity contribution in [3.63, 3.8) is 0 Å². The first kappa shape index (κ1) is 20.7. The van der Waals surface area contributed by atoms with Gasteiger partial charge in [-0.3, -0.25) is 9.69 Å². The summed E-state index contributed by atoms with van der Waals surface area (Å²) in [5.74, 6) is 0.00388. The van der Waals surface area contributed by atoms with E-state index in [9.17, 15) is 4.79 Å². The standard InChI is InChI=1S/C21H33N5O2/c1-6-24(7-2)14-16-12-22-19-18(13-23-26(19)15-16)20(27)25(8-3)17-9-10-28-21(4,5)11-17/h12-13,15,17H,6-11,14H2,1-5H3/t17-/m1/s1. The van der Waals surface area contributed by atoms with Crippen molar-refractivity contribution < 1.29 is 9.53 Å². The van der Waals surface area contributed by atoms with Crippen LogP contribution in [0.15, 0.2) is 18.6 Å². The summed E-state index contributed by atoms with van der Waals surface area (Å²) in [5.41, 5.74) is 2.09. The molecule has 3 heterocycles. The van der Waals surface area contributed by atoms with Gasteiger partial charge in [0.1, 0.15) is 5.56 Å². The monoisotopic (exact) mass is 387 g/mol. The molecule has 0 unspecified atom stereocenters. The maximum atomic E-state index is 13.3. The third-order valence-corrected chi connectivity index (χ3v) is 5.65. The van der Waals surface area contributed by atoms with Crippen LogP contribution in [0.1, 0.15) is 63.4 Å². The van der Waals surface area contributed by atoms with E-state index in [2.05, 4.69) is 42.7 Å². The minimum Gasteiger partial charge on any atom is -0.375 e. The van der Waals surface area contributed by atoms with Gasteiger partial charge in [0.2, 0.25) is 0 Å². The van der Waals surface area contributed by atoms with Crippen molar-refractivity contribution in [2.45, 2.75) is 65.6 Å². The zero-order valence-corrected chi connectivity index (χ0v) is 17.8. The number of carbonyl (C=O) groups excluding carboxylic acids is 1. The average molecular weight is 388 g/mol. The topological polar surface area (TPSA) is 63.0 Å². The van der Waals surface area contributed by atoms with Gasteiger partial charge in [0, 0.05) is 43.7 Å². The summed E-state index contributed by atoms with van der Waals surface area (Å²) in [4.78, 5) is 22.2. The number of ether oxygens (including phenoxy) is 1. The molecule has 0 aliphatic carbocycles. The minimum atomic E-state index is -0.199. The molecule has 7 heteroatoms. The smallest absolute Gasteiger partial charge is 0.259 e. The fraction of sp³-hybridized carbons (Fsp3) is 0.667. The number of fused-ring (bicyclic) bond motifs is 1. The van der Waals surface area contributed by atoms with E-state index in [0.29, 0.717) is 24.4 Å². The molecule has 154 valence electrons. The molecule has 0 spiro atoms. The third kappa shape index (κ3) is 4.36. The molecule has 7 nitrogen and oxygen atoms in total. The number of rotatable bonds is 7. The Morgan fingerprint density at radius 3 is 2.64 bits per heavy atom. The van der Waals surface area contributed by atoms with Crippen molar-refractivity contribution in [3.05, 3.63) is 29.7 Å². The molecule has 0 saturated carbocycles. The van der Waals surface area contributed by atoms with Crippen molar-refractivity contribution in [2.24, 2.45) is 0 Å². The molecular formula is C21H33N5O2. The lowest BCUT2D eigenvalue weighted by Gasteiger charge is -2.40. The number of aromatic nitrogens is 3. The Balaban J connectivity index is 1.82. The van der Waals surface area contributed by atoms with E-state index < -0.39 is 0 Å². The maximum absolute atomic E-state index is 13.3. The summed E-state index contributed by atoms with van der Waals surface area (Å²) in [6, 6.07) is 0.179. The Bertz CT molecular complexity index is 812. The van der Waals surface area contributed by atoms with Crippen LogP contribution >= 0.6 is 0 Å². The van der Waals surface area contributed by atoms with Crippen LogP contribution in [-0.4, -0.2) is 68.2 Å². The molecule has 1 amide bonds. The highest BCUT2D eigenvalue weighted by atomic mass is 16.5. The van der Waals surface area contributed by atoms with Gasteiger partial charge in [-0.05, 0) is 46.7 Å². The first-order chi connectivity index (χ1) is 13.4. The number of amides is 1. The third-order valence-electron chi connectivity index (χ3n) is 5.65.